The van der Waals surface area contributed by atoms with Crippen LogP contribution >= 0.6 is 0 Å². The first-order valence-corrected chi connectivity index (χ1v) is 10.7. The van der Waals surface area contributed by atoms with Gasteiger partial charge in [-0.3, -0.25) is 4.79 Å². The molecule has 148 valence electrons. The number of likely N-dealkylation sites (tertiary alicyclic amines) is 1. The van der Waals surface area contributed by atoms with Gasteiger partial charge in [0.2, 0.25) is 5.91 Å². The van der Waals surface area contributed by atoms with E-state index in [2.05, 4.69) is 29.3 Å². The summed E-state index contributed by atoms with van der Waals surface area (Å²) in [6.45, 7) is 0.594. The highest BCUT2D eigenvalue weighted by atomic mass is 16.2. The zero-order chi connectivity index (χ0) is 19.4. The summed E-state index contributed by atoms with van der Waals surface area (Å²) in [6.07, 6.45) is 16.5. The molecule has 2 aromatic rings. The molecule has 2 heterocycles. The normalized spacial score (nSPS) is 23.9. The van der Waals surface area contributed by atoms with Crippen molar-refractivity contribution in [1.82, 2.24) is 9.88 Å². The summed E-state index contributed by atoms with van der Waals surface area (Å²) in [6, 6.07) is 8.22. The first-order valence-electron chi connectivity index (χ1n) is 10.7. The summed E-state index contributed by atoms with van der Waals surface area (Å²) < 4.78 is 0. The van der Waals surface area contributed by atoms with Crippen molar-refractivity contribution in [2.75, 3.05) is 6.54 Å². The van der Waals surface area contributed by atoms with Crippen molar-refractivity contribution in [2.24, 2.45) is 5.92 Å². The number of nitrogens with zero attached hydrogens (tertiary/aromatic N) is 1. The van der Waals surface area contributed by atoms with E-state index in [1.807, 2.05) is 23.2 Å². The van der Waals surface area contributed by atoms with Crippen LogP contribution in [-0.4, -0.2) is 34.2 Å². The first kappa shape index (κ1) is 19.0. The number of aromatic nitrogens is 1. The third-order valence-corrected chi connectivity index (χ3v) is 6.64. The zero-order valence-corrected chi connectivity index (χ0v) is 16.5. The number of aldehydes is 1. The maximum absolute atomic E-state index is 12.6. The number of hydrogen-bond donors (Lipinski definition) is 1. The standard InChI is InChI=1S/C24H30N2O2/c27-18-24(14-6-9-19-7-2-1-3-8-19)15-12-23(28)26(24)16-13-20-17-25-22-11-5-4-10-21(20)22/h4-6,9-11,17-19,25H,1-3,7-8,12-16H2/b9-6+/t24-/m1/s1. The van der Waals surface area contributed by atoms with E-state index >= 15 is 0 Å². The van der Waals surface area contributed by atoms with Crippen molar-refractivity contribution in [3.63, 3.8) is 0 Å². The molecule has 1 aromatic heterocycles. The van der Waals surface area contributed by atoms with E-state index in [1.165, 1.54) is 43.1 Å². The van der Waals surface area contributed by atoms with Crippen LogP contribution in [-0.2, 0) is 16.0 Å². The molecule has 0 bridgehead atoms. The molecular weight excluding hydrogens is 348 g/mol. The van der Waals surface area contributed by atoms with Gasteiger partial charge in [0, 0.05) is 30.1 Å². The number of allylic oxidation sites excluding steroid dienone is 1. The lowest BCUT2D eigenvalue weighted by Crippen LogP contribution is -2.47. The predicted octanol–water partition coefficient (Wildman–Crippen LogP) is 4.80. The van der Waals surface area contributed by atoms with Crippen LogP contribution in [0.1, 0.15) is 56.9 Å². The molecule has 4 rings (SSSR count). The average Bonchev–Trinajstić information content (AvgIpc) is 3.29. The van der Waals surface area contributed by atoms with E-state index in [9.17, 15) is 9.59 Å². The SMILES string of the molecule is O=C[C@@]1(C/C=C/C2CCCCC2)CCC(=O)N1CCc1c[nH]c2ccccc12. The Bertz CT molecular complexity index is 862. The molecule has 1 saturated heterocycles. The summed E-state index contributed by atoms with van der Waals surface area (Å²) in [5.41, 5.74) is 1.66. The van der Waals surface area contributed by atoms with E-state index in [0.29, 0.717) is 31.7 Å². The van der Waals surface area contributed by atoms with Crippen molar-refractivity contribution in [3.8, 4) is 0 Å². The summed E-state index contributed by atoms with van der Waals surface area (Å²) in [4.78, 5) is 29.8. The van der Waals surface area contributed by atoms with Crippen LogP contribution in [0.15, 0.2) is 42.6 Å². The molecule has 4 heteroatoms. The third kappa shape index (κ3) is 3.78. The van der Waals surface area contributed by atoms with Crippen LogP contribution in [0.4, 0.5) is 0 Å². The number of aromatic amines is 1. The Morgan fingerprint density at radius 1 is 1.18 bits per heavy atom. The van der Waals surface area contributed by atoms with Crippen LogP contribution in [0.5, 0.6) is 0 Å². The number of nitrogens with one attached hydrogen (secondary N) is 1. The Morgan fingerprint density at radius 2 is 2.00 bits per heavy atom. The highest BCUT2D eigenvalue weighted by Gasteiger charge is 2.44. The molecular formula is C24H30N2O2. The molecule has 0 radical (unpaired) electrons. The molecule has 1 saturated carbocycles. The fraction of sp³-hybridized carbons (Fsp3) is 0.500. The molecule has 28 heavy (non-hydrogen) atoms. The number of fused-ring (bicyclic) bond motifs is 1. The number of amides is 1. The molecule has 1 aromatic carbocycles. The lowest BCUT2D eigenvalue weighted by molar-refractivity contribution is -0.135. The third-order valence-electron chi connectivity index (χ3n) is 6.64. The molecule has 0 unspecified atom stereocenters. The van der Waals surface area contributed by atoms with E-state index in [4.69, 9.17) is 0 Å². The van der Waals surface area contributed by atoms with Crippen molar-refractivity contribution in [3.05, 3.63) is 48.2 Å². The summed E-state index contributed by atoms with van der Waals surface area (Å²) in [7, 11) is 0. The number of carbonyl (C=O) groups excluding carboxylic acids is 2. The highest BCUT2D eigenvalue weighted by Crippen LogP contribution is 2.33. The molecule has 1 aliphatic carbocycles. The lowest BCUT2D eigenvalue weighted by Gasteiger charge is -2.33. The first-order chi connectivity index (χ1) is 13.7. The largest absolute Gasteiger partial charge is 0.361 e. The van der Waals surface area contributed by atoms with E-state index in [-0.39, 0.29) is 5.91 Å². The van der Waals surface area contributed by atoms with Crippen LogP contribution < -0.4 is 0 Å². The topological polar surface area (TPSA) is 53.2 Å². The molecule has 2 aliphatic rings. The fourth-order valence-electron chi connectivity index (χ4n) is 4.93. The summed E-state index contributed by atoms with van der Waals surface area (Å²) in [5.74, 6) is 0.757. The van der Waals surface area contributed by atoms with Gasteiger partial charge in [-0.1, -0.05) is 49.6 Å². The van der Waals surface area contributed by atoms with Crippen LogP contribution in [0.2, 0.25) is 0 Å². The Morgan fingerprint density at radius 3 is 2.82 bits per heavy atom. The number of H-pyrrole nitrogens is 1. The second kappa shape index (κ2) is 8.34. The van der Waals surface area contributed by atoms with Gasteiger partial charge < -0.3 is 14.7 Å². The Kier molecular flexibility index (Phi) is 5.65. The molecule has 1 amide bonds. The average molecular weight is 379 g/mol. The van der Waals surface area contributed by atoms with Gasteiger partial charge in [-0.05, 0) is 49.7 Å². The molecule has 0 spiro atoms. The van der Waals surface area contributed by atoms with Gasteiger partial charge in [-0.2, -0.15) is 0 Å². The highest BCUT2D eigenvalue weighted by molar-refractivity contribution is 5.87. The summed E-state index contributed by atoms with van der Waals surface area (Å²) in [5, 5.41) is 1.20. The van der Waals surface area contributed by atoms with Gasteiger partial charge >= 0.3 is 0 Å². The van der Waals surface area contributed by atoms with Gasteiger partial charge in [-0.25, -0.2) is 0 Å². The number of rotatable bonds is 7. The van der Waals surface area contributed by atoms with Crippen molar-refractivity contribution in [2.45, 2.75) is 63.3 Å². The molecule has 2 fully saturated rings. The lowest BCUT2D eigenvalue weighted by atomic mass is 9.87. The van der Waals surface area contributed by atoms with Crippen molar-refractivity contribution < 1.29 is 9.59 Å². The second-order valence-corrected chi connectivity index (χ2v) is 8.41. The smallest absolute Gasteiger partial charge is 0.223 e. The molecule has 4 nitrogen and oxygen atoms in total. The minimum atomic E-state index is -0.658. The fourth-order valence-corrected chi connectivity index (χ4v) is 4.93. The van der Waals surface area contributed by atoms with Crippen LogP contribution in [0.3, 0.4) is 0 Å². The van der Waals surface area contributed by atoms with Gasteiger partial charge in [-0.15, -0.1) is 0 Å². The van der Waals surface area contributed by atoms with Gasteiger partial charge in [0.1, 0.15) is 11.8 Å². The molecule has 1 aliphatic heterocycles. The Balaban J connectivity index is 1.45. The van der Waals surface area contributed by atoms with Crippen LogP contribution in [0, 0.1) is 5.92 Å². The van der Waals surface area contributed by atoms with E-state index < -0.39 is 5.54 Å². The maximum atomic E-state index is 12.6. The molecule has 1 atom stereocenters. The van der Waals surface area contributed by atoms with Crippen molar-refractivity contribution in [1.29, 1.82) is 0 Å². The van der Waals surface area contributed by atoms with Crippen LogP contribution in [0.25, 0.3) is 10.9 Å². The second-order valence-electron chi connectivity index (χ2n) is 8.41. The number of benzene rings is 1. The predicted molar refractivity (Wildman–Crippen MR) is 112 cm³/mol. The van der Waals surface area contributed by atoms with E-state index in [0.717, 1.165) is 18.2 Å². The van der Waals surface area contributed by atoms with E-state index in [1.54, 1.807) is 0 Å². The number of carbonyl (C=O) groups is 2. The van der Waals surface area contributed by atoms with Gasteiger partial charge in [0.15, 0.2) is 0 Å². The van der Waals surface area contributed by atoms with Crippen molar-refractivity contribution >= 4 is 23.1 Å². The zero-order valence-electron chi connectivity index (χ0n) is 16.5. The number of hydrogen-bond acceptors (Lipinski definition) is 2. The van der Waals surface area contributed by atoms with Gasteiger partial charge in [0.25, 0.3) is 0 Å². The van der Waals surface area contributed by atoms with Gasteiger partial charge in [0.05, 0.1) is 0 Å². The Labute approximate surface area is 167 Å². The maximum Gasteiger partial charge on any atom is 0.223 e. The summed E-state index contributed by atoms with van der Waals surface area (Å²) >= 11 is 0. The Hall–Kier alpha value is -2.36. The minimum Gasteiger partial charge on any atom is -0.361 e. The number of para-hydroxylation sites is 1. The minimum absolute atomic E-state index is 0.109. The monoisotopic (exact) mass is 378 g/mol. The molecule has 1 N–H and O–H groups in total. The quantitative estimate of drug-likeness (QED) is 0.556.